The van der Waals surface area contributed by atoms with Crippen molar-refractivity contribution >= 4 is 50.7 Å². The molecule has 1 fully saturated rings. The molecule has 4 aromatic carbocycles. The van der Waals surface area contributed by atoms with E-state index >= 15 is 0 Å². The summed E-state index contributed by atoms with van der Waals surface area (Å²) in [5.41, 5.74) is 1.80. The third-order valence-electron chi connectivity index (χ3n) is 8.58. The van der Waals surface area contributed by atoms with E-state index in [0.717, 1.165) is 41.1 Å². The van der Waals surface area contributed by atoms with Crippen molar-refractivity contribution in [1.82, 2.24) is 10.2 Å². The molecule has 5 rings (SSSR count). The first-order valence-corrected chi connectivity index (χ1v) is 18.2. The summed E-state index contributed by atoms with van der Waals surface area (Å²) in [5, 5.41) is 4.10. The highest BCUT2D eigenvalue weighted by molar-refractivity contribution is 7.92. The lowest BCUT2D eigenvalue weighted by Crippen LogP contribution is -2.54. The fraction of sp³-hybridized carbons (Fsp3) is 0.297. The number of halogens is 2. The maximum absolute atomic E-state index is 14.7. The molecule has 0 unspecified atom stereocenters. The zero-order chi connectivity index (χ0) is 35.0. The summed E-state index contributed by atoms with van der Waals surface area (Å²) in [7, 11) is -1.50. The van der Waals surface area contributed by atoms with Crippen molar-refractivity contribution in [3.63, 3.8) is 0 Å². The highest BCUT2D eigenvalue weighted by atomic mass is 35.5. The Morgan fingerprint density at radius 1 is 0.816 bits per heavy atom. The summed E-state index contributed by atoms with van der Waals surface area (Å²) >= 11 is 12.4. The largest absolute Gasteiger partial charge is 0.493 e. The van der Waals surface area contributed by atoms with Gasteiger partial charge in [0.15, 0.2) is 11.5 Å². The number of rotatable bonds is 14. The first-order chi connectivity index (χ1) is 23.6. The van der Waals surface area contributed by atoms with Gasteiger partial charge in [0.25, 0.3) is 10.0 Å². The molecule has 0 aliphatic heterocycles. The molecular formula is C37H39Cl2N3O6S. The van der Waals surface area contributed by atoms with Crippen LogP contribution in [0.1, 0.15) is 36.8 Å². The predicted octanol–water partition coefficient (Wildman–Crippen LogP) is 6.90. The van der Waals surface area contributed by atoms with Gasteiger partial charge in [-0.3, -0.25) is 13.9 Å². The van der Waals surface area contributed by atoms with E-state index in [9.17, 15) is 18.0 Å². The molecule has 0 aromatic heterocycles. The first-order valence-electron chi connectivity index (χ1n) is 16.0. The average molecular weight is 725 g/mol. The van der Waals surface area contributed by atoms with E-state index in [1.54, 1.807) is 36.4 Å². The minimum atomic E-state index is -4.37. The lowest BCUT2D eigenvalue weighted by atomic mass is 10.0. The normalized spacial score (nSPS) is 13.8. The summed E-state index contributed by atoms with van der Waals surface area (Å²) in [6.45, 7) is -0.565. The van der Waals surface area contributed by atoms with Gasteiger partial charge >= 0.3 is 0 Å². The molecule has 0 saturated heterocycles. The van der Waals surface area contributed by atoms with E-state index in [1.165, 1.54) is 49.5 Å². The van der Waals surface area contributed by atoms with Gasteiger partial charge in [-0.1, -0.05) is 78.5 Å². The average Bonchev–Trinajstić information content (AvgIpc) is 3.63. The number of ether oxygens (including phenoxy) is 2. The number of sulfonamides is 1. The van der Waals surface area contributed by atoms with Crippen LogP contribution in [-0.4, -0.2) is 58.0 Å². The van der Waals surface area contributed by atoms with Crippen molar-refractivity contribution in [1.29, 1.82) is 0 Å². The third kappa shape index (κ3) is 9.06. The Hall–Kier alpha value is -4.25. The van der Waals surface area contributed by atoms with E-state index in [0.29, 0.717) is 15.8 Å². The van der Waals surface area contributed by atoms with Gasteiger partial charge < -0.3 is 19.7 Å². The molecule has 0 heterocycles. The highest BCUT2D eigenvalue weighted by Crippen LogP contribution is 2.33. The Morgan fingerprint density at radius 3 is 2.04 bits per heavy atom. The molecule has 4 aromatic rings. The van der Waals surface area contributed by atoms with Gasteiger partial charge in [0.1, 0.15) is 12.6 Å². The van der Waals surface area contributed by atoms with Crippen LogP contribution in [0.15, 0.2) is 102 Å². The van der Waals surface area contributed by atoms with E-state index in [4.69, 9.17) is 32.7 Å². The quantitative estimate of drug-likeness (QED) is 0.152. The topological polar surface area (TPSA) is 105 Å². The Labute approximate surface area is 297 Å². The second kappa shape index (κ2) is 16.4. The van der Waals surface area contributed by atoms with Crippen LogP contribution in [0.2, 0.25) is 10.0 Å². The summed E-state index contributed by atoms with van der Waals surface area (Å²) in [5.74, 6) is -0.307. The number of hydrogen-bond acceptors (Lipinski definition) is 6. The molecule has 9 nitrogen and oxygen atoms in total. The Balaban J connectivity index is 1.57. The first kappa shape index (κ1) is 36.0. The third-order valence-corrected chi connectivity index (χ3v) is 10.8. The molecule has 0 radical (unpaired) electrons. The number of hydrogen-bond donors (Lipinski definition) is 1. The zero-order valence-corrected chi connectivity index (χ0v) is 29.7. The van der Waals surface area contributed by atoms with Crippen LogP contribution in [0.3, 0.4) is 0 Å². The smallest absolute Gasteiger partial charge is 0.264 e. The van der Waals surface area contributed by atoms with Gasteiger partial charge in [0.2, 0.25) is 11.8 Å². The number of nitrogens with zero attached hydrogens (tertiary/aromatic N) is 2. The number of benzene rings is 4. The van der Waals surface area contributed by atoms with Gasteiger partial charge in [-0.25, -0.2) is 8.42 Å². The molecule has 1 saturated carbocycles. The molecule has 1 atom stereocenters. The van der Waals surface area contributed by atoms with Crippen LogP contribution in [0.4, 0.5) is 5.69 Å². The van der Waals surface area contributed by atoms with Crippen molar-refractivity contribution in [2.24, 2.45) is 0 Å². The molecule has 0 bridgehead atoms. The standard InChI is InChI=1S/C37H39Cl2N3O6S/c1-47-34-21-20-32(23-35(34)48-2)49(45,46)42(31-18-16-29(39)17-19-31)25-36(43)41(24-27-12-14-28(38)15-13-27)33(22-26-8-4-3-5-9-26)37(44)40-30-10-6-7-11-30/h3-5,8-9,12-21,23,30,33H,6-7,10-11,22,24-25H2,1-2H3,(H,40,44)/t33-/m0/s1. The van der Waals surface area contributed by atoms with Gasteiger partial charge in [0, 0.05) is 35.1 Å². The molecule has 12 heteroatoms. The second-order valence-electron chi connectivity index (χ2n) is 11.8. The molecular weight excluding hydrogens is 685 g/mol. The fourth-order valence-corrected chi connectivity index (χ4v) is 7.63. The summed E-state index contributed by atoms with van der Waals surface area (Å²) in [6.07, 6.45) is 3.99. The maximum atomic E-state index is 14.7. The Kier molecular flexibility index (Phi) is 12.1. The number of anilines is 1. The van der Waals surface area contributed by atoms with E-state index in [2.05, 4.69) is 5.32 Å². The molecule has 1 aliphatic carbocycles. The summed E-state index contributed by atoms with van der Waals surface area (Å²) < 4.78 is 40.5. The van der Waals surface area contributed by atoms with Gasteiger partial charge in [-0.05, 0) is 72.5 Å². The SMILES string of the molecule is COc1ccc(S(=O)(=O)N(CC(=O)N(Cc2ccc(Cl)cc2)[C@@H](Cc2ccccc2)C(=O)NC2CCCC2)c2ccc(Cl)cc2)cc1OC. The Bertz CT molecular complexity index is 1830. The lowest BCUT2D eigenvalue weighted by Gasteiger charge is -2.34. The number of methoxy groups -OCH3 is 2. The van der Waals surface area contributed by atoms with Crippen molar-refractivity contribution in [2.45, 2.75) is 55.6 Å². The number of carbonyl (C=O) groups is 2. The molecule has 1 N–H and O–H groups in total. The van der Waals surface area contributed by atoms with Crippen LogP contribution in [0.5, 0.6) is 11.5 Å². The molecule has 258 valence electrons. The molecule has 1 aliphatic rings. The highest BCUT2D eigenvalue weighted by Gasteiger charge is 2.36. The van der Waals surface area contributed by atoms with Gasteiger partial charge in [-0.2, -0.15) is 0 Å². The van der Waals surface area contributed by atoms with Crippen LogP contribution < -0.4 is 19.1 Å². The monoisotopic (exact) mass is 723 g/mol. The van der Waals surface area contributed by atoms with Crippen molar-refractivity contribution < 1.29 is 27.5 Å². The second-order valence-corrected chi connectivity index (χ2v) is 14.6. The van der Waals surface area contributed by atoms with E-state index < -0.39 is 28.5 Å². The number of nitrogens with one attached hydrogen (secondary N) is 1. The number of carbonyl (C=O) groups excluding carboxylic acids is 2. The minimum Gasteiger partial charge on any atom is -0.493 e. The zero-order valence-electron chi connectivity index (χ0n) is 27.4. The lowest BCUT2D eigenvalue weighted by molar-refractivity contribution is -0.140. The van der Waals surface area contributed by atoms with Crippen molar-refractivity contribution in [3.05, 3.63) is 118 Å². The Morgan fingerprint density at radius 2 is 1.43 bits per heavy atom. The summed E-state index contributed by atoms with van der Waals surface area (Å²) in [4.78, 5) is 30.2. The number of amides is 2. The fourth-order valence-electron chi connectivity index (χ4n) is 5.95. The van der Waals surface area contributed by atoms with Crippen LogP contribution in [0, 0.1) is 0 Å². The van der Waals surface area contributed by atoms with Crippen LogP contribution in [-0.2, 0) is 32.6 Å². The van der Waals surface area contributed by atoms with E-state index in [-0.39, 0.29) is 41.2 Å². The molecule has 49 heavy (non-hydrogen) atoms. The maximum Gasteiger partial charge on any atom is 0.264 e. The van der Waals surface area contributed by atoms with Crippen LogP contribution in [0.25, 0.3) is 0 Å². The van der Waals surface area contributed by atoms with Crippen molar-refractivity contribution in [3.8, 4) is 11.5 Å². The van der Waals surface area contributed by atoms with Gasteiger partial charge in [-0.15, -0.1) is 0 Å². The molecule has 2 amide bonds. The van der Waals surface area contributed by atoms with Crippen molar-refractivity contribution in [2.75, 3.05) is 25.1 Å². The minimum absolute atomic E-state index is 0.00857. The predicted molar refractivity (Wildman–Crippen MR) is 192 cm³/mol. The summed E-state index contributed by atoms with van der Waals surface area (Å²) in [6, 6.07) is 25.9. The van der Waals surface area contributed by atoms with E-state index in [1.807, 2.05) is 30.3 Å². The van der Waals surface area contributed by atoms with Gasteiger partial charge in [0.05, 0.1) is 24.8 Å². The van der Waals surface area contributed by atoms with Crippen LogP contribution >= 0.6 is 23.2 Å². The molecule has 0 spiro atoms.